The van der Waals surface area contributed by atoms with E-state index in [9.17, 15) is 9.59 Å². The Labute approximate surface area is 132 Å². The highest BCUT2D eigenvalue weighted by Crippen LogP contribution is 2.20. The molecule has 22 heavy (non-hydrogen) atoms. The van der Waals surface area contributed by atoms with E-state index >= 15 is 0 Å². The number of amides is 3. The van der Waals surface area contributed by atoms with Crippen molar-refractivity contribution < 1.29 is 9.59 Å². The molecule has 3 amide bonds. The van der Waals surface area contributed by atoms with Gasteiger partial charge in [0.2, 0.25) is 5.91 Å². The zero-order chi connectivity index (χ0) is 15.8. The van der Waals surface area contributed by atoms with Crippen LogP contribution in [0.3, 0.4) is 0 Å². The Bertz CT molecular complexity index is 490. The molecule has 0 aliphatic carbocycles. The van der Waals surface area contributed by atoms with Gasteiger partial charge in [-0.2, -0.15) is 0 Å². The predicted molar refractivity (Wildman–Crippen MR) is 86.6 cm³/mol. The smallest absolute Gasteiger partial charge is 0.321 e. The molecular formula is C17H25N3O2. The number of rotatable bonds is 6. The predicted octanol–water partition coefficient (Wildman–Crippen LogP) is 1.93. The highest BCUT2D eigenvalue weighted by atomic mass is 16.2. The maximum absolute atomic E-state index is 12.0. The van der Waals surface area contributed by atoms with Crippen LogP contribution in [0.1, 0.15) is 31.7 Å². The van der Waals surface area contributed by atoms with Crippen molar-refractivity contribution in [3.05, 3.63) is 35.9 Å². The van der Waals surface area contributed by atoms with Crippen molar-refractivity contribution in [3.63, 3.8) is 0 Å². The van der Waals surface area contributed by atoms with Crippen LogP contribution in [0, 0.1) is 0 Å². The Morgan fingerprint density at radius 1 is 1.27 bits per heavy atom. The van der Waals surface area contributed by atoms with Gasteiger partial charge in [-0.25, -0.2) is 4.79 Å². The minimum Gasteiger partial charge on any atom is -0.338 e. The van der Waals surface area contributed by atoms with Gasteiger partial charge in [0.15, 0.2) is 0 Å². The summed E-state index contributed by atoms with van der Waals surface area (Å²) in [6.45, 7) is 3.76. The molecule has 1 aliphatic rings. The van der Waals surface area contributed by atoms with Crippen molar-refractivity contribution in [2.75, 3.05) is 19.6 Å². The zero-order valence-electron chi connectivity index (χ0n) is 13.2. The molecule has 5 nitrogen and oxygen atoms in total. The summed E-state index contributed by atoms with van der Waals surface area (Å²) < 4.78 is 0. The van der Waals surface area contributed by atoms with E-state index in [0.29, 0.717) is 12.6 Å². The van der Waals surface area contributed by atoms with Gasteiger partial charge in [-0.15, -0.1) is 0 Å². The van der Waals surface area contributed by atoms with E-state index < -0.39 is 6.03 Å². The zero-order valence-corrected chi connectivity index (χ0v) is 13.2. The molecule has 1 saturated heterocycles. The number of carbonyl (C=O) groups excluding carboxylic acids is 2. The largest absolute Gasteiger partial charge is 0.338 e. The Balaban J connectivity index is 1.80. The maximum atomic E-state index is 12.0. The number of carbonyl (C=O) groups is 2. The van der Waals surface area contributed by atoms with Gasteiger partial charge in [0.1, 0.15) is 0 Å². The van der Waals surface area contributed by atoms with Crippen LogP contribution in [0.5, 0.6) is 0 Å². The number of hydrogen-bond acceptors (Lipinski definition) is 3. The molecule has 1 aliphatic heterocycles. The van der Waals surface area contributed by atoms with E-state index in [2.05, 4.69) is 27.7 Å². The highest BCUT2D eigenvalue weighted by molar-refractivity contribution is 5.95. The van der Waals surface area contributed by atoms with Crippen LogP contribution in [0.25, 0.3) is 0 Å². The van der Waals surface area contributed by atoms with E-state index in [4.69, 9.17) is 0 Å². The molecule has 2 rings (SSSR count). The van der Waals surface area contributed by atoms with Crippen LogP contribution in [-0.4, -0.2) is 42.5 Å². The van der Waals surface area contributed by atoms with Crippen molar-refractivity contribution in [1.29, 1.82) is 0 Å². The molecular weight excluding hydrogens is 278 g/mol. The Morgan fingerprint density at radius 2 is 2.05 bits per heavy atom. The molecule has 2 N–H and O–H groups in total. The fourth-order valence-corrected chi connectivity index (χ4v) is 2.85. The molecule has 0 saturated carbocycles. The molecule has 1 unspecified atom stereocenters. The molecule has 0 radical (unpaired) electrons. The van der Waals surface area contributed by atoms with Gasteiger partial charge in [-0.05, 0) is 37.8 Å². The number of likely N-dealkylation sites (tertiary alicyclic amines) is 1. The SMILES string of the molecule is CCCNC(=O)NC(=O)CN1CCCC1Cc1ccccc1. The Morgan fingerprint density at radius 3 is 2.77 bits per heavy atom. The standard InChI is InChI=1S/C17H25N3O2/c1-2-10-18-17(22)19-16(21)13-20-11-6-9-15(20)12-14-7-4-3-5-8-14/h3-5,7-8,15H,2,6,9-13H2,1H3,(H2,18,19,21,22). The third kappa shape index (κ3) is 5.15. The first kappa shape index (κ1) is 16.5. The summed E-state index contributed by atoms with van der Waals surface area (Å²) in [6, 6.07) is 10.3. The number of nitrogens with zero attached hydrogens (tertiary/aromatic N) is 1. The molecule has 5 heteroatoms. The van der Waals surface area contributed by atoms with Gasteiger partial charge < -0.3 is 5.32 Å². The molecule has 0 bridgehead atoms. The van der Waals surface area contributed by atoms with E-state index in [1.165, 1.54) is 5.56 Å². The molecule has 1 atom stereocenters. The molecule has 1 aromatic carbocycles. The molecule has 1 fully saturated rings. The molecule has 0 aromatic heterocycles. The maximum Gasteiger partial charge on any atom is 0.321 e. The average Bonchev–Trinajstić information content (AvgIpc) is 2.93. The third-order valence-electron chi connectivity index (χ3n) is 3.95. The summed E-state index contributed by atoms with van der Waals surface area (Å²) in [4.78, 5) is 25.6. The molecule has 1 aromatic rings. The second-order valence-electron chi connectivity index (χ2n) is 5.76. The fourth-order valence-electron chi connectivity index (χ4n) is 2.85. The van der Waals surface area contributed by atoms with E-state index in [1.807, 2.05) is 25.1 Å². The minimum absolute atomic E-state index is 0.228. The quantitative estimate of drug-likeness (QED) is 0.844. The van der Waals surface area contributed by atoms with Gasteiger partial charge in [0, 0.05) is 12.6 Å². The topological polar surface area (TPSA) is 61.4 Å². The summed E-state index contributed by atoms with van der Waals surface area (Å²) in [6.07, 6.45) is 4.01. The average molecular weight is 303 g/mol. The lowest BCUT2D eigenvalue weighted by Gasteiger charge is -2.23. The number of imide groups is 1. The van der Waals surface area contributed by atoms with Crippen molar-refractivity contribution in [2.45, 2.75) is 38.6 Å². The molecule has 120 valence electrons. The van der Waals surface area contributed by atoms with Gasteiger partial charge in [0.25, 0.3) is 0 Å². The first-order valence-electron chi connectivity index (χ1n) is 8.04. The van der Waals surface area contributed by atoms with Gasteiger partial charge in [0.05, 0.1) is 6.54 Å². The third-order valence-corrected chi connectivity index (χ3v) is 3.95. The number of urea groups is 1. The summed E-state index contributed by atoms with van der Waals surface area (Å²) in [7, 11) is 0. The number of nitrogens with one attached hydrogen (secondary N) is 2. The van der Waals surface area contributed by atoms with Crippen LogP contribution >= 0.6 is 0 Å². The second-order valence-corrected chi connectivity index (χ2v) is 5.76. The van der Waals surface area contributed by atoms with Crippen molar-refractivity contribution >= 4 is 11.9 Å². The van der Waals surface area contributed by atoms with Gasteiger partial charge >= 0.3 is 6.03 Å². The molecule has 1 heterocycles. The summed E-state index contributed by atoms with van der Waals surface area (Å²) in [5.41, 5.74) is 1.29. The lowest BCUT2D eigenvalue weighted by Crippen LogP contribution is -2.46. The Hall–Kier alpha value is -1.88. The van der Waals surface area contributed by atoms with Crippen LogP contribution in [0.15, 0.2) is 30.3 Å². The van der Waals surface area contributed by atoms with Crippen LogP contribution < -0.4 is 10.6 Å². The van der Waals surface area contributed by atoms with Crippen molar-refractivity contribution in [2.24, 2.45) is 0 Å². The second kappa shape index (κ2) is 8.54. The lowest BCUT2D eigenvalue weighted by molar-refractivity contribution is -0.121. The number of benzene rings is 1. The lowest BCUT2D eigenvalue weighted by atomic mass is 10.0. The fraction of sp³-hybridized carbons (Fsp3) is 0.529. The van der Waals surface area contributed by atoms with Crippen LogP contribution in [-0.2, 0) is 11.2 Å². The van der Waals surface area contributed by atoms with Crippen LogP contribution in [0.4, 0.5) is 4.79 Å². The van der Waals surface area contributed by atoms with Gasteiger partial charge in [-0.3, -0.25) is 15.0 Å². The van der Waals surface area contributed by atoms with Gasteiger partial charge in [-0.1, -0.05) is 37.3 Å². The minimum atomic E-state index is -0.398. The van der Waals surface area contributed by atoms with Crippen LogP contribution in [0.2, 0.25) is 0 Å². The number of hydrogen-bond donors (Lipinski definition) is 2. The summed E-state index contributed by atoms with van der Waals surface area (Å²) >= 11 is 0. The van der Waals surface area contributed by atoms with Crippen molar-refractivity contribution in [1.82, 2.24) is 15.5 Å². The molecule has 0 spiro atoms. The first-order chi connectivity index (χ1) is 10.7. The van der Waals surface area contributed by atoms with E-state index in [0.717, 1.165) is 32.2 Å². The first-order valence-corrected chi connectivity index (χ1v) is 8.04. The summed E-state index contributed by atoms with van der Waals surface area (Å²) in [5, 5.41) is 5.05. The Kier molecular flexibility index (Phi) is 6.40. The monoisotopic (exact) mass is 303 g/mol. The summed E-state index contributed by atoms with van der Waals surface area (Å²) in [5.74, 6) is -0.228. The normalized spacial score (nSPS) is 18.1. The highest BCUT2D eigenvalue weighted by Gasteiger charge is 2.26. The van der Waals surface area contributed by atoms with Crippen molar-refractivity contribution in [3.8, 4) is 0 Å². The van der Waals surface area contributed by atoms with E-state index in [-0.39, 0.29) is 12.5 Å². The van der Waals surface area contributed by atoms with E-state index in [1.54, 1.807) is 0 Å².